The predicted molar refractivity (Wildman–Crippen MR) is 70.0 cm³/mol. The van der Waals surface area contributed by atoms with Gasteiger partial charge in [-0.05, 0) is 32.9 Å². The molecule has 0 radical (unpaired) electrons. The van der Waals surface area contributed by atoms with Crippen molar-refractivity contribution < 1.29 is 10.4 Å². The molecule has 100 valence electrons. The average Bonchev–Trinajstić information content (AvgIpc) is 2.43. The molecule has 0 aromatic heterocycles. The zero-order valence-corrected chi connectivity index (χ0v) is 11.9. The van der Waals surface area contributed by atoms with Crippen LogP contribution in [0.5, 0.6) is 0 Å². The van der Waals surface area contributed by atoms with E-state index in [1.165, 1.54) is 0 Å². The summed E-state index contributed by atoms with van der Waals surface area (Å²) in [5.41, 5.74) is 0.0334. The summed E-state index contributed by atoms with van der Waals surface area (Å²) in [6.45, 7) is 5.54. The number of benzene rings is 1. The van der Waals surface area contributed by atoms with Crippen molar-refractivity contribution in [1.29, 1.82) is 0 Å². The quantitative estimate of drug-likeness (QED) is 0.830. The van der Waals surface area contributed by atoms with Crippen molar-refractivity contribution in [3.8, 4) is 0 Å². The molecule has 18 heavy (non-hydrogen) atoms. The number of hydrogen-bond acceptors (Lipinski definition) is 4. The van der Waals surface area contributed by atoms with Gasteiger partial charge in [0.25, 0.3) is 0 Å². The number of halogens is 2. The van der Waals surface area contributed by atoms with Crippen molar-refractivity contribution in [2.75, 3.05) is 0 Å². The van der Waals surface area contributed by atoms with Crippen LogP contribution in [0.15, 0.2) is 18.2 Å². The van der Waals surface area contributed by atoms with E-state index in [1.807, 2.05) is 20.8 Å². The third kappa shape index (κ3) is 2.03. The van der Waals surface area contributed by atoms with Crippen LogP contribution in [0.1, 0.15) is 32.5 Å². The lowest BCUT2D eigenvalue weighted by Gasteiger charge is -2.29. The Labute approximate surface area is 116 Å². The van der Waals surface area contributed by atoms with E-state index >= 15 is 0 Å². The molecule has 0 saturated carbocycles. The summed E-state index contributed by atoms with van der Waals surface area (Å²) in [5, 5.41) is 23.5. The second kappa shape index (κ2) is 4.63. The van der Waals surface area contributed by atoms with E-state index in [9.17, 15) is 10.4 Å². The van der Waals surface area contributed by atoms with Gasteiger partial charge >= 0.3 is 0 Å². The zero-order chi connectivity index (χ0) is 13.7. The number of nitrogens with zero attached hydrogens (tertiary/aromatic N) is 2. The Bertz CT molecular complexity index is 467. The maximum atomic E-state index is 10.2. The van der Waals surface area contributed by atoms with Crippen molar-refractivity contribution in [3.05, 3.63) is 33.8 Å². The molecule has 0 amide bonds. The highest BCUT2D eigenvalue weighted by atomic mass is 35.5. The molecule has 2 atom stereocenters. The SMILES string of the molecule is C[C@H]1N(O)[C@H](c2ccc(Cl)cc2Cl)N(O)C1(C)C. The molecule has 2 rings (SSSR count). The van der Waals surface area contributed by atoms with E-state index in [1.54, 1.807) is 18.2 Å². The Balaban J connectivity index is 2.45. The van der Waals surface area contributed by atoms with Gasteiger partial charge in [-0.3, -0.25) is 0 Å². The lowest BCUT2D eigenvalue weighted by Crippen LogP contribution is -2.43. The van der Waals surface area contributed by atoms with Gasteiger partial charge in [0.15, 0.2) is 0 Å². The van der Waals surface area contributed by atoms with Gasteiger partial charge in [0.2, 0.25) is 0 Å². The van der Waals surface area contributed by atoms with Gasteiger partial charge in [-0.15, -0.1) is 0 Å². The topological polar surface area (TPSA) is 46.9 Å². The summed E-state index contributed by atoms with van der Waals surface area (Å²) in [5.74, 6) is 0. The van der Waals surface area contributed by atoms with E-state index in [4.69, 9.17) is 23.2 Å². The first-order valence-electron chi connectivity index (χ1n) is 5.67. The summed E-state index contributed by atoms with van der Waals surface area (Å²) in [6, 6.07) is 4.74. The van der Waals surface area contributed by atoms with E-state index in [-0.39, 0.29) is 6.04 Å². The van der Waals surface area contributed by atoms with E-state index in [2.05, 4.69) is 0 Å². The predicted octanol–water partition coefficient (Wildman–Crippen LogP) is 3.56. The molecular formula is C12H16Cl2N2O2. The molecule has 1 aromatic rings. The molecule has 1 aromatic carbocycles. The summed E-state index contributed by atoms with van der Waals surface area (Å²) in [4.78, 5) is 0. The minimum Gasteiger partial charge on any atom is -0.312 e. The average molecular weight is 291 g/mol. The molecule has 1 saturated heterocycles. The molecule has 0 bridgehead atoms. The molecule has 0 aliphatic carbocycles. The van der Waals surface area contributed by atoms with Gasteiger partial charge in [0, 0.05) is 15.6 Å². The Morgan fingerprint density at radius 2 is 1.83 bits per heavy atom. The summed E-state index contributed by atoms with van der Waals surface area (Å²) >= 11 is 12.0. The summed E-state index contributed by atoms with van der Waals surface area (Å²) < 4.78 is 0. The van der Waals surface area contributed by atoms with Crippen molar-refractivity contribution in [2.24, 2.45) is 0 Å². The molecular weight excluding hydrogens is 275 g/mol. The number of hydroxylamine groups is 4. The van der Waals surface area contributed by atoms with Crippen LogP contribution in [0, 0.1) is 0 Å². The monoisotopic (exact) mass is 290 g/mol. The molecule has 4 nitrogen and oxygen atoms in total. The van der Waals surface area contributed by atoms with Crippen molar-refractivity contribution in [3.63, 3.8) is 0 Å². The maximum absolute atomic E-state index is 10.2. The van der Waals surface area contributed by atoms with Crippen LogP contribution in [0.25, 0.3) is 0 Å². The van der Waals surface area contributed by atoms with Crippen LogP contribution >= 0.6 is 23.2 Å². The molecule has 0 unspecified atom stereocenters. The lowest BCUT2D eigenvalue weighted by atomic mass is 9.98. The molecule has 6 heteroatoms. The van der Waals surface area contributed by atoms with Crippen molar-refractivity contribution >= 4 is 23.2 Å². The Morgan fingerprint density at radius 1 is 1.22 bits per heavy atom. The fraction of sp³-hybridized carbons (Fsp3) is 0.500. The fourth-order valence-corrected chi connectivity index (χ4v) is 2.65. The largest absolute Gasteiger partial charge is 0.312 e. The van der Waals surface area contributed by atoms with Crippen LogP contribution < -0.4 is 0 Å². The number of hydrogen-bond donors (Lipinski definition) is 2. The van der Waals surface area contributed by atoms with Gasteiger partial charge in [-0.25, -0.2) is 0 Å². The first kappa shape index (κ1) is 14.1. The first-order chi connectivity index (χ1) is 8.26. The molecule has 1 aliphatic rings. The third-order valence-corrected chi connectivity index (χ3v) is 4.29. The minimum atomic E-state index is -0.695. The smallest absolute Gasteiger partial charge is 0.137 e. The normalized spacial score (nSPS) is 28.8. The molecule has 1 heterocycles. The Kier molecular flexibility index (Phi) is 3.62. The third-order valence-electron chi connectivity index (χ3n) is 3.73. The molecule has 1 fully saturated rings. The first-order valence-corrected chi connectivity index (χ1v) is 6.42. The zero-order valence-electron chi connectivity index (χ0n) is 10.4. The van der Waals surface area contributed by atoms with Crippen LogP contribution in [0.2, 0.25) is 10.0 Å². The summed E-state index contributed by atoms with van der Waals surface area (Å²) in [6.07, 6.45) is -0.695. The van der Waals surface area contributed by atoms with Gasteiger partial charge in [-0.2, -0.15) is 10.1 Å². The van der Waals surface area contributed by atoms with E-state index in [0.29, 0.717) is 15.6 Å². The standard InChI is InChI=1S/C12H16Cl2N2O2/c1-7-12(2,3)16(18)11(15(7)17)9-5-4-8(13)6-10(9)14/h4-7,11,17-18H,1-3H3/t7-,11+/m1/s1. The van der Waals surface area contributed by atoms with Crippen LogP contribution in [0.4, 0.5) is 0 Å². The summed E-state index contributed by atoms with van der Waals surface area (Å²) in [7, 11) is 0. The highest BCUT2D eigenvalue weighted by molar-refractivity contribution is 6.35. The van der Waals surface area contributed by atoms with E-state index < -0.39 is 11.7 Å². The number of rotatable bonds is 1. The molecule has 2 N–H and O–H groups in total. The van der Waals surface area contributed by atoms with E-state index in [0.717, 1.165) is 10.1 Å². The lowest BCUT2D eigenvalue weighted by molar-refractivity contribution is -0.218. The van der Waals surface area contributed by atoms with Crippen LogP contribution in [0.3, 0.4) is 0 Å². The van der Waals surface area contributed by atoms with Crippen molar-refractivity contribution in [1.82, 2.24) is 10.1 Å². The minimum absolute atomic E-state index is 0.237. The van der Waals surface area contributed by atoms with Crippen molar-refractivity contribution in [2.45, 2.75) is 38.5 Å². The van der Waals surface area contributed by atoms with Gasteiger partial charge in [0.05, 0.1) is 11.6 Å². The highest BCUT2D eigenvalue weighted by Gasteiger charge is 2.51. The van der Waals surface area contributed by atoms with Gasteiger partial charge < -0.3 is 10.4 Å². The second-order valence-electron chi connectivity index (χ2n) is 5.09. The van der Waals surface area contributed by atoms with Crippen LogP contribution in [-0.2, 0) is 0 Å². The van der Waals surface area contributed by atoms with Gasteiger partial charge in [0.1, 0.15) is 6.17 Å². The maximum Gasteiger partial charge on any atom is 0.137 e. The van der Waals surface area contributed by atoms with Gasteiger partial charge in [-0.1, -0.05) is 29.3 Å². The highest BCUT2D eigenvalue weighted by Crippen LogP contribution is 2.43. The second-order valence-corrected chi connectivity index (χ2v) is 5.94. The molecule has 1 aliphatic heterocycles. The van der Waals surface area contributed by atoms with Crippen LogP contribution in [-0.4, -0.2) is 32.1 Å². The Hall–Kier alpha value is -0.360. The molecule has 0 spiro atoms. The fourth-order valence-electron chi connectivity index (χ4n) is 2.14. The Morgan fingerprint density at radius 3 is 2.28 bits per heavy atom.